The van der Waals surface area contributed by atoms with Gasteiger partial charge in [-0.3, -0.25) is 0 Å². The Morgan fingerprint density at radius 1 is 1.20 bits per heavy atom. The summed E-state index contributed by atoms with van der Waals surface area (Å²) in [6, 6.07) is 10.1. The van der Waals surface area contributed by atoms with Gasteiger partial charge in [0.2, 0.25) is 0 Å². The maximum Gasteiger partial charge on any atom is 0.119 e. The van der Waals surface area contributed by atoms with Crippen molar-refractivity contribution >= 4 is 0 Å². The largest absolute Gasteiger partial charge is 0.493 e. The molecule has 0 spiro atoms. The summed E-state index contributed by atoms with van der Waals surface area (Å²) in [5, 5.41) is 0. The Kier molecular flexibility index (Phi) is 2.99. The third-order valence-corrected chi connectivity index (χ3v) is 3.09. The molecule has 0 heterocycles. The van der Waals surface area contributed by atoms with Gasteiger partial charge in [-0.25, -0.2) is 0 Å². The van der Waals surface area contributed by atoms with Crippen LogP contribution in [0, 0.1) is 11.3 Å². The zero-order valence-corrected chi connectivity index (χ0v) is 9.70. The van der Waals surface area contributed by atoms with Gasteiger partial charge in [0.1, 0.15) is 5.75 Å². The SMILES string of the molecule is CC(C)CC1(COc2ccccc2)CC1. The van der Waals surface area contributed by atoms with Gasteiger partial charge in [-0.05, 0) is 37.3 Å². The smallest absolute Gasteiger partial charge is 0.119 e. The molecule has 1 heteroatoms. The molecule has 2 rings (SSSR count). The first-order valence-electron chi connectivity index (χ1n) is 5.88. The lowest BCUT2D eigenvalue weighted by atomic mass is 9.95. The fraction of sp³-hybridized carbons (Fsp3) is 0.571. The summed E-state index contributed by atoms with van der Waals surface area (Å²) in [5.41, 5.74) is 0.504. The van der Waals surface area contributed by atoms with Crippen LogP contribution in [0.3, 0.4) is 0 Å². The van der Waals surface area contributed by atoms with Crippen molar-refractivity contribution in [2.45, 2.75) is 33.1 Å². The van der Waals surface area contributed by atoms with Gasteiger partial charge in [-0.15, -0.1) is 0 Å². The van der Waals surface area contributed by atoms with Crippen molar-refractivity contribution in [2.75, 3.05) is 6.61 Å². The molecule has 0 aromatic heterocycles. The minimum Gasteiger partial charge on any atom is -0.493 e. The zero-order chi connectivity index (χ0) is 10.7. The van der Waals surface area contributed by atoms with Crippen LogP contribution in [0.15, 0.2) is 30.3 Å². The Balaban J connectivity index is 1.83. The molecule has 1 aliphatic rings. The number of hydrogen-bond donors (Lipinski definition) is 0. The second-order valence-electron chi connectivity index (χ2n) is 5.20. The molecule has 15 heavy (non-hydrogen) atoms. The van der Waals surface area contributed by atoms with Crippen LogP contribution in [0.2, 0.25) is 0 Å². The van der Waals surface area contributed by atoms with Crippen LogP contribution in [-0.2, 0) is 0 Å². The highest BCUT2D eigenvalue weighted by atomic mass is 16.5. The molecule has 0 radical (unpaired) electrons. The van der Waals surface area contributed by atoms with Gasteiger partial charge in [0.15, 0.2) is 0 Å². The average Bonchev–Trinajstić information content (AvgIpc) is 2.96. The Morgan fingerprint density at radius 3 is 2.40 bits per heavy atom. The van der Waals surface area contributed by atoms with E-state index in [2.05, 4.69) is 13.8 Å². The van der Waals surface area contributed by atoms with E-state index in [0.29, 0.717) is 5.41 Å². The molecule has 1 saturated carbocycles. The van der Waals surface area contributed by atoms with Crippen molar-refractivity contribution in [2.24, 2.45) is 11.3 Å². The van der Waals surface area contributed by atoms with Crippen LogP contribution in [0.4, 0.5) is 0 Å². The summed E-state index contributed by atoms with van der Waals surface area (Å²) in [4.78, 5) is 0. The van der Waals surface area contributed by atoms with Crippen molar-refractivity contribution in [3.05, 3.63) is 30.3 Å². The molecule has 1 aromatic rings. The number of rotatable bonds is 5. The van der Waals surface area contributed by atoms with E-state index in [4.69, 9.17) is 4.74 Å². The van der Waals surface area contributed by atoms with Gasteiger partial charge in [0.25, 0.3) is 0 Å². The van der Waals surface area contributed by atoms with Crippen molar-refractivity contribution in [3.63, 3.8) is 0 Å². The number of benzene rings is 1. The quantitative estimate of drug-likeness (QED) is 0.707. The molecule has 82 valence electrons. The topological polar surface area (TPSA) is 9.23 Å². The first-order chi connectivity index (χ1) is 7.20. The zero-order valence-electron chi connectivity index (χ0n) is 9.70. The second kappa shape index (κ2) is 4.26. The van der Waals surface area contributed by atoms with E-state index < -0.39 is 0 Å². The molecule has 0 bridgehead atoms. The Hall–Kier alpha value is -0.980. The summed E-state index contributed by atoms with van der Waals surface area (Å²) in [6.07, 6.45) is 4.00. The standard InChI is InChI=1S/C14H20O/c1-12(2)10-14(8-9-14)11-15-13-6-4-3-5-7-13/h3-7,12H,8-11H2,1-2H3. The van der Waals surface area contributed by atoms with Gasteiger partial charge < -0.3 is 4.74 Å². The monoisotopic (exact) mass is 204 g/mol. The van der Waals surface area contributed by atoms with Crippen LogP contribution >= 0.6 is 0 Å². The summed E-state index contributed by atoms with van der Waals surface area (Å²) in [5.74, 6) is 1.79. The molecule has 1 fully saturated rings. The van der Waals surface area contributed by atoms with E-state index in [9.17, 15) is 0 Å². The molecular formula is C14H20O. The number of para-hydroxylation sites is 1. The minimum absolute atomic E-state index is 0.504. The lowest BCUT2D eigenvalue weighted by Gasteiger charge is -2.18. The minimum atomic E-state index is 0.504. The van der Waals surface area contributed by atoms with Crippen LogP contribution in [0.25, 0.3) is 0 Å². The maximum atomic E-state index is 5.83. The van der Waals surface area contributed by atoms with Crippen LogP contribution in [0.5, 0.6) is 5.75 Å². The molecular weight excluding hydrogens is 184 g/mol. The molecule has 1 aliphatic carbocycles. The molecule has 0 unspecified atom stereocenters. The molecule has 0 N–H and O–H groups in total. The third kappa shape index (κ3) is 2.98. The Morgan fingerprint density at radius 2 is 1.87 bits per heavy atom. The first-order valence-corrected chi connectivity index (χ1v) is 5.88. The van der Waals surface area contributed by atoms with E-state index in [1.807, 2.05) is 30.3 Å². The van der Waals surface area contributed by atoms with E-state index in [1.165, 1.54) is 19.3 Å². The summed E-state index contributed by atoms with van der Waals surface area (Å²) in [7, 11) is 0. The molecule has 0 saturated heterocycles. The number of hydrogen-bond acceptors (Lipinski definition) is 1. The predicted octanol–water partition coefficient (Wildman–Crippen LogP) is 3.89. The fourth-order valence-corrected chi connectivity index (χ4v) is 2.20. The number of ether oxygens (including phenoxy) is 1. The Bertz CT molecular complexity index is 298. The van der Waals surface area contributed by atoms with E-state index in [-0.39, 0.29) is 0 Å². The highest BCUT2D eigenvalue weighted by molar-refractivity contribution is 5.21. The lowest BCUT2D eigenvalue weighted by Crippen LogP contribution is -2.15. The summed E-state index contributed by atoms with van der Waals surface area (Å²) in [6.45, 7) is 5.49. The van der Waals surface area contributed by atoms with Crippen molar-refractivity contribution in [1.29, 1.82) is 0 Å². The lowest BCUT2D eigenvalue weighted by molar-refractivity contribution is 0.210. The molecule has 0 atom stereocenters. The maximum absolute atomic E-state index is 5.83. The molecule has 1 aromatic carbocycles. The van der Waals surface area contributed by atoms with Gasteiger partial charge >= 0.3 is 0 Å². The van der Waals surface area contributed by atoms with Crippen molar-refractivity contribution in [3.8, 4) is 5.75 Å². The summed E-state index contributed by atoms with van der Waals surface area (Å²) < 4.78 is 5.83. The normalized spacial score (nSPS) is 17.8. The highest BCUT2D eigenvalue weighted by Gasteiger charge is 2.43. The molecule has 0 aliphatic heterocycles. The molecule has 1 nitrogen and oxygen atoms in total. The van der Waals surface area contributed by atoms with E-state index >= 15 is 0 Å². The van der Waals surface area contributed by atoms with Gasteiger partial charge in [-0.2, -0.15) is 0 Å². The van der Waals surface area contributed by atoms with Crippen LogP contribution in [0.1, 0.15) is 33.1 Å². The van der Waals surface area contributed by atoms with Gasteiger partial charge in [0.05, 0.1) is 6.61 Å². The van der Waals surface area contributed by atoms with Gasteiger partial charge in [-0.1, -0.05) is 32.0 Å². The van der Waals surface area contributed by atoms with E-state index in [0.717, 1.165) is 18.3 Å². The predicted molar refractivity (Wildman–Crippen MR) is 63.1 cm³/mol. The average molecular weight is 204 g/mol. The Labute approximate surface area is 92.5 Å². The van der Waals surface area contributed by atoms with Crippen LogP contribution < -0.4 is 4.74 Å². The van der Waals surface area contributed by atoms with Crippen molar-refractivity contribution < 1.29 is 4.74 Å². The fourth-order valence-electron chi connectivity index (χ4n) is 2.20. The van der Waals surface area contributed by atoms with E-state index in [1.54, 1.807) is 0 Å². The van der Waals surface area contributed by atoms with Crippen LogP contribution in [-0.4, -0.2) is 6.61 Å². The molecule has 0 amide bonds. The highest BCUT2D eigenvalue weighted by Crippen LogP contribution is 2.50. The van der Waals surface area contributed by atoms with Crippen molar-refractivity contribution in [1.82, 2.24) is 0 Å². The van der Waals surface area contributed by atoms with Gasteiger partial charge in [0, 0.05) is 5.41 Å². The third-order valence-electron chi connectivity index (χ3n) is 3.09. The second-order valence-corrected chi connectivity index (χ2v) is 5.20. The summed E-state index contributed by atoms with van der Waals surface area (Å²) >= 11 is 0. The first kappa shape index (κ1) is 10.5.